The van der Waals surface area contributed by atoms with Crippen molar-refractivity contribution in [3.63, 3.8) is 0 Å². The van der Waals surface area contributed by atoms with E-state index in [2.05, 4.69) is 10.3 Å². The summed E-state index contributed by atoms with van der Waals surface area (Å²) in [5.74, 6) is -2.81. The van der Waals surface area contributed by atoms with Gasteiger partial charge < -0.3 is 15.4 Å². The summed E-state index contributed by atoms with van der Waals surface area (Å²) in [7, 11) is 0. The highest BCUT2D eigenvalue weighted by molar-refractivity contribution is 6.06. The van der Waals surface area contributed by atoms with E-state index in [1.165, 1.54) is 6.07 Å². The quantitative estimate of drug-likeness (QED) is 0.797. The largest absolute Gasteiger partial charge is 0.480 e. The number of amides is 1. The van der Waals surface area contributed by atoms with Crippen LogP contribution in [0, 0.1) is 11.7 Å². The number of hydrogen-bond donors (Lipinski definition) is 3. The first-order chi connectivity index (χ1) is 10.3. The topological polar surface area (TPSA) is 99.3 Å². The monoisotopic (exact) mass is 306 g/mol. The van der Waals surface area contributed by atoms with Gasteiger partial charge in [-0.1, -0.05) is 13.8 Å². The number of nitrogens with one attached hydrogen (secondary N) is 2. The predicted molar refractivity (Wildman–Crippen MR) is 78.3 cm³/mol. The van der Waals surface area contributed by atoms with Gasteiger partial charge in [0.2, 0.25) is 5.56 Å². The maximum absolute atomic E-state index is 13.4. The van der Waals surface area contributed by atoms with E-state index < -0.39 is 29.3 Å². The summed E-state index contributed by atoms with van der Waals surface area (Å²) in [6.45, 7) is 3.29. The van der Waals surface area contributed by atoms with Gasteiger partial charge in [-0.05, 0) is 24.1 Å². The van der Waals surface area contributed by atoms with Gasteiger partial charge in [0.15, 0.2) is 0 Å². The van der Waals surface area contributed by atoms with Crippen molar-refractivity contribution in [3.8, 4) is 0 Å². The molecule has 2 aromatic rings. The Bertz CT molecular complexity index is 798. The Balaban J connectivity index is 2.49. The highest BCUT2D eigenvalue weighted by Crippen LogP contribution is 2.17. The van der Waals surface area contributed by atoms with Gasteiger partial charge in [0.25, 0.3) is 5.91 Å². The van der Waals surface area contributed by atoms with Crippen LogP contribution >= 0.6 is 0 Å². The lowest BCUT2D eigenvalue weighted by Gasteiger charge is -2.18. The molecule has 0 saturated carbocycles. The van der Waals surface area contributed by atoms with Crippen molar-refractivity contribution in [2.75, 3.05) is 0 Å². The number of aromatic nitrogens is 1. The van der Waals surface area contributed by atoms with Crippen LogP contribution in [0.25, 0.3) is 10.9 Å². The molecular formula is C15H15FN2O4. The summed E-state index contributed by atoms with van der Waals surface area (Å²) in [6, 6.07) is 3.55. The van der Waals surface area contributed by atoms with Gasteiger partial charge in [0, 0.05) is 17.0 Å². The zero-order chi connectivity index (χ0) is 16.4. The van der Waals surface area contributed by atoms with E-state index in [1.807, 2.05) is 0 Å². The number of rotatable bonds is 4. The van der Waals surface area contributed by atoms with Crippen LogP contribution in [0.4, 0.5) is 4.39 Å². The third-order valence-corrected chi connectivity index (χ3v) is 3.27. The van der Waals surface area contributed by atoms with Crippen molar-refractivity contribution in [2.24, 2.45) is 5.92 Å². The van der Waals surface area contributed by atoms with Crippen molar-refractivity contribution in [2.45, 2.75) is 19.9 Å². The number of hydrogen-bond acceptors (Lipinski definition) is 3. The fourth-order valence-corrected chi connectivity index (χ4v) is 2.15. The van der Waals surface area contributed by atoms with Gasteiger partial charge in [-0.15, -0.1) is 0 Å². The number of carbonyl (C=O) groups is 2. The average molecular weight is 306 g/mol. The zero-order valence-corrected chi connectivity index (χ0v) is 12.0. The molecule has 1 aromatic heterocycles. The molecule has 1 aromatic carbocycles. The van der Waals surface area contributed by atoms with E-state index in [0.29, 0.717) is 5.52 Å². The molecule has 1 atom stereocenters. The van der Waals surface area contributed by atoms with Crippen molar-refractivity contribution in [1.29, 1.82) is 0 Å². The molecule has 0 radical (unpaired) electrons. The lowest BCUT2D eigenvalue weighted by atomic mass is 10.0. The second-order valence-corrected chi connectivity index (χ2v) is 5.27. The molecule has 1 heterocycles. The molecule has 0 fully saturated rings. The number of benzene rings is 1. The molecule has 116 valence electrons. The maximum Gasteiger partial charge on any atom is 0.326 e. The number of aromatic amines is 1. The number of halogens is 1. The van der Waals surface area contributed by atoms with Crippen molar-refractivity contribution >= 4 is 22.8 Å². The number of aliphatic carboxylic acids is 1. The number of fused-ring (bicyclic) bond motifs is 1. The summed E-state index contributed by atoms with van der Waals surface area (Å²) in [5.41, 5.74) is -0.290. The number of carbonyl (C=O) groups excluding carboxylic acids is 1. The third-order valence-electron chi connectivity index (χ3n) is 3.27. The minimum Gasteiger partial charge on any atom is -0.480 e. The van der Waals surface area contributed by atoms with Gasteiger partial charge >= 0.3 is 5.97 Å². The van der Waals surface area contributed by atoms with Crippen LogP contribution in [0.1, 0.15) is 24.2 Å². The average Bonchev–Trinajstić information content (AvgIpc) is 2.43. The first-order valence-corrected chi connectivity index (χ1v) is 6.66. The Morgan fingerprint density at radius 3 is 2.55 bits per heavy atom. The number of H-pyrrole nitrogens is 1. The SMILES string of the molecule is CC(C)[C@@H](NC(=O)c1cc(=O)[nH]c2ccc(F)cc12)C(=O)O. The Kier molecular flexibility index (Phi) is 4.25. The minimum atomic E-state index is -1.18. The molecule has 22 heavy (non-hydrogen) atoms. The van der Waals surface area contributed by atoms with Gasteiger partial charge in [0.05, 0.1) is 5.56 Å². The molecule has 6 nitrogen and oxygen atoms in total. The fourth-order valence-electron chi connectivity index (χ4n) is 2.15. The standard InChI is InChI=1S/C15H15FN2O4/c1-7(2)13(15(21)22)18-14(20)10-6-12(19)17-11-4-3-8(16)5-9(10)11/h3-7,13H,1-2H3,(H,17,19)(H,18,20)(H,21,22)/t13-/m1/s1. The summed E-state index contributed by atoms with van der Waals surface area (Å²) >= 11 is 0. The summed E-state index contributed by atoms with van der Waals surface area (Å²) < 4.78 is 13.4. The molecule has 0 saturated heterocycles. The smallest absolute Gasteiger partial charge is 0.326 e. The zero-order valence-electron chi connectivity index (χ0n) is 12.0. The van der Waals surface area contributed by atoms with Gasteiger partial charge in [-0.25, -0.2) is 9.18 Å². The molecule has 2 rings (SSSR count). The van der Waals surface area contributed by atoms with E-state index in [4.69, 9.17) is 5.11 Å². The summed E-state index contributed by atoms with van der Waals surface area (Å²) in [4.78, 5) is 37.5. The second-order valence-electron chi connectivity index (χ2n) is 5.27. The molecule has 1 amide bonds. The Morgan fingerprint density at radius 2 is 1.95 bits per heavy atom. The lowest BCUT2D eigenvalue weighted by molar-refractivity contribution is -0.140. The molecule has 0 unspecified atom stereocenters. The van der Waals surface area contributed by atoms with Crippen LogP contribution in [-0.2, 0) is 4.79 Å². The van der Waals surface area contributed by atoms with Crippen molar-refractivity contribution < 1.29 is 19.1 Å². The Labute approximate surface area is 125 Å². The van der Waals surface area contributed by atoms with Crippen LogP contribution in [-0.4, -0.2) is 28.0 Å². The van der Waals surface area contributed by atoms with Crippen molar-refractivity contribution in [3.05, 3.63) is 46.0 Å². The number of carboxylic acids is 1. The maximum atomic E-state index is 13.4. The Hall–Kier alpha value is -2.70. The van der Waals surface area contributed by atoms with Gasteiger partial charge in [-0.3, -0.25) is 9.59 Å². The molecule has 0 aliphatic heterocycles. The number of pyridine rings is 1. The molecule has 0 spiro atoms. The Morgan fingerprint density at radius 1 is 1.27 bits per heavy atom. The van der Waals surface area contributed by atoms with E-state index in [-0.39, 0.29) is 16.9 Å². The van der Waals surface area contributed by atoms with Crippen LogP contribution < -0.4 is 10.9 Å². The van der Waals surface area contributed by atoms with Crippen LogP contribution in [0.5, 0.6) is 0 Å². The van der Waals surface area contributed by atoms with E-state index >= 15 is 0 Å². The first kappa shape index (κ1) is 15.7. The lowest BCUT2D eigenvalue weighted by Crippen LogP contribution is -2.44. The fraction of sp³-hybridized carbons (Fsp3) is 0.267. The van der Waals surface area contributed by atoms with Gasteiger partial charge in [-0.2, -0.15) is 0 Å². The third kappa shape index (κ3) is 3.13. The van der Waals surface area contributed by atoms with Crippen molar-refractivity contribution in [1.82, 2.24) is 10.3 Å². The van der Waals surface area contributed by atoms with E-state index in [1.54, 1.807) is 13.8 Å². The molecule has 3 N–H and O–H groups in total. The highest BCUT2D eigenvalue weighted by Gasteiger charge is 2.25. The molecule has 0 bridgehead atoms. The van der Waals surface area contributed by atoms with Gasteiger partial charge in [0.1, 0.15) is 11.9 Å². The molecule has 7 heteroatoms. The normalized spacial score (nSPS) is 12.4. The van der Waals surface area contributed by atoms with Crippen LogP contribution in [0.15, 0.2) is 29.1 Å². The van der Waals surface area contributed by atoms with Crippen LogP contribution in [0.3, 0.4) is 0 Å². The molecule has 0 aliphatic rings. The summed E-state index contributed by atoms with van der Waals surface area (Å²) in [5, 5.41) is 11.7. The minimum absolute atomic E-state index is 0.0647. The highest BCUT2D eigenvalue weighted by atomic mass is 19.1. The van der Waals surface area contributed by atoms with E-state index in [9.17, 15) is 18.8 Å². The van der Waals surface area contributed by atoms with E-state index in [0.717, 1.165) is 18.2 Å². The molecular weight excluding hydrogens is 291 g/mol. The first-order valence-electron chi connectivity index (χ1n) is 6.66. The van der Waals surface area contributed by atoms with Crippen LogP contribution in [0.2, 0.25) is 0 Å². The molecule has 0 aliphatic carbocycles. The summed E-state index contributed by atoms with van der Waals surface area (Å²) in [6.07, 6.45) is 0. The predicted octanol–water partition coefficient (Wildman–Crippen LogP) is 1.51. The number of carboxylic acid groups (broad SMARTS) is 1. The second kappa shape index (κ2) is 5.97.